The number of fused-ring (bicyclic) bond motifs is 1. The first kappa shape index (κ1) is 15.8. The van der Waals surface area contributed by atoms with E-state index in [4.69, 9.17) is 0 Å². The van der Waals surface area contributed by atoms with Crippen molar-refractivity contribution in [3.63, 3.8) is 0 Å². The zero-order valence-corrected chi connectivity index (χ0v) is 13.5. The lowest BCUT2D eigenvalue weighted by Gasteiger charge is -2.02. The summed E-state index contributed by atoms with van der Waals surface area (Å²) in [6, 6.07) is 11.7. The van der Waals surface area contributed by atoms with E-state index in [1.807, 2.05) is 19.1 Å². The summed E-state index contributed by atoms with van der Waals surface area (Å²) in [6.45, 7) is 1.93. The summed E-state index contributed by atoms with van der Waals surface area (Å²) in [6.07, 6.45) is 2.72. The highest BCUT2D eigenvalue weighted by atomic mass is 32.1. The molecule has 0 aliphatic rings. The number of carbonyl (C=O) groups excluding carboxylic acids is 1. The van der Waals surface area contributed by atoms with Crippen LogP contribution < -0.4 is 5.32 Å². The number of para-hydroxylation sites is 1. The molecule has 0 bridgehead atoms. The highest BCUT2D eigenvalue weighted by Gasteiger charge is 2.10. The van der Waals surface area contributed by atoms with Crippen LogP contribution in [0.3, 0.4) is 0 Å². The highest BCUT2D eigenvalue weighted by Crippen LogP contribution is 2.25. The maximum Gasteiger partial charge on any atom is 0.276 e. The summed E-state index contributed by atoms with van der Waals surface area (Å²) in [7, 11) is 0. The van der Waals surface area contributed by atoms with Crippen molar-refractivity contribution >= 4 is 44.9 Å². The number of rotatable bonds is 4. The Hall–Kier alpha value is -3.06. The third-order valence-corrected chi connectivity index (χ3v) is 4.24. The van der Waals surface area contributed by atoms with Gasteiger partial charge in [-0.25, -0.2) is 4.98 Å². The van der Waals surface area contributed by atoms with Gasteiger partial charge in [0.2, 0.25) is 5.91 Å². The molecule has 0 radical (unpaired) electrons. The van der Waals surface area contributed by atoms with Crippen LogP contribution in [0.25, 0.3) is 16.3 Å². The van der Waals surface area contributed by atoms with Gasteiger partial charge in [0.1, 0.15) is 0 Å². The number of thiazole rings is 1. The molecule has 6 nitrogen and oxygen atoms in total. The number of aromatic nitrogens is 1. The summed E-state index contributed by atoms with van der Waals surface area (Å²) in [4.78, 5) is 26.9. The quantitative estimate of drug-likeness (QED) is 0.439. The Labute approximate surface area is 141 Å². The van der Waals surface area contributed by atoms with Gasteiger partial charge in [-0.3, -0.25) is 14.9 Å². The lowest BCUT2D eigenvalue weighted by atomic mass is 10.1. The normalized spacial score (nSPS) is 11.0. The minimum atomic E-state index is -0.475. The SMILES string of the molecule is Cc1nc2ccc(NC(=O)C=Cc3ccccc3[N+](=O)[O-])cc2s1. The molecule has 1 N–H and O–H groups in total. The molecule has 2 aromatic carbocycles. The summed E-state index contributed by atoms with van der Waals surface area (Å²) in [5.74, 6) is -0.353. The summed E-state index contributed by atoms with van der Waals surface area (Å²) in [5.41, 5.74) is 1.89. The monoisotopic (exact) mass is 339 g/mol. The van der Waals surface area contributed by atoms with Gasteiger partial charge in [-0.05, 0) is 37.3 Å². The van der Waals surface area contributed by atoms with Crippen LogP contribution in [0.15, 0.2) is 48.5 Å². The minimum Gasteiger partial charge on any atom is -0.322 e. The van der Waals surface area contributed by atoms with E-state index in [1.165, 1.54) is 18.2 Å². The molecule has 0 fully saturated rings. The predicted molar refractivity (Wildman–Crippen MR) is 95.1 cm³/mol. The first-order valence-corrected chi connectivity index (χ1v) is 7.94. The van der Waals surface area contributed by atoms with Crippen LogP contribution in [0, 0.1) is 17.0 Å². The van der Waals surface area contributed by atoms with Gasteiger partial charge in [-0.15, -0.1) is 11.3 Å². The van der Waals surface area contributed by atoms with E-state index >= 15 is 0 Å². The number of benzene rings is 2. The molecule has 0 spiro atoms. The summed E-state index contributed by atoms with van der Waals surface area (Å²) >= 11 is 1.55. The third kappa shape index (κ3) is 3.47. The molecule has 0 saturated heterocycles. The molecule has 3 aromatic rings. The molecule has 0 aliphatic heterocycles. The molecule has 3 rings (SSSR count). The molecular weight excluding hydrogens is 326 g/mol. The average Bonchev–Trinajstić information content (AvgIpc) is 2.92. The number of nitro benzene ring substituents is 1. The molecule has 0 saturated carbocycles. The van der Waals surface area contributed by atoms with Gasteiger partial charge in [-0.2, -0.15) is 0 Å². The van der Waals surface area contributed by atoms with Crippen molar-refractivity contribution in [2.45, 2.75) is 6.92 Å². The van der Waals surface area contributed by atoms with Crippen LogP contribution in [0.4, 0.5) is 11.4 Å². The van der Waals surface area contributed by atoms with Gasteiger partial charge in [0.15, 0.2) is 0 Å². The fourth-order valence-corrected chi connectivity index (χ4v) is 3.13. The van der Waals surface area contributed by atoms with Gasteiger partial charge in [0.05, 0.1) is 25.7 Å². The fraction of sp³-hybridized carbons (Fsp3) is 0.0588. The maximum atomic E-state index is 12.0. The number of aryl methyl sites for hydroxylation is 1. The zero-order valence-electron chi connectivity index (χ0n) is 12.7. The number of nitrogens with one attached hydrogen (secondary N) is 1. The van der Waals surface area contributed by atoms with Crippen molar-refractivity contribution in [3.05, 3.63) is 69.2 Å². The van der Waals surface area contributed by atoms with Crippen LogP contribution >= 0.6 is 11.3 Å². The van der Waals surface area contributed by atoms with E-state index in [2.05, 4.69) is 10.3 Å². The number of hydrogen-bond acceptors (Lipinski definition) is 5. The largest absolute Gasteiger partial charge is 0.322 e. The van der Waals surface area contributed by atoms with E-state index in [-0.39, 0.29) is 11.6 Å². The molecule has 7 heteroatoms. The Morgan fingerprint density at radius 3 is 2.88 bits per heavy atom. The number of nitro groups is 1. The molecule has 0 unspecified atom stereocenters. The average molecular weight is 339 g/mol. The highest BCUT2D eigenvalue weighted by molar-refractivity contribution is 7.18. The number of nitrogens with zero attached hydrogens (tertiary/aromatic N) is 2. The molecule has 1 aromatic heterocycles. The van der Waals surface area contributed by atoms with Crippen LogP contribution in [0.1, 0.15) is 10.6 Å². The standard InChI is InChI=1S/C17H13N3O3S/c1-11-18-14-8-7-13(10-16(14)24-11)19-17(21)9-6-12-4-2-3-5-15(12)20(22)23/h2-10H,1H3,(H,19,21). The Morgan fingerprint density at radius 2 is 2.08 bits per heavy atom. The van der Waals surface area contributed by atoms with Gasteiger partial charge in [-0.1, -0.05) is 12.1 Å². The van der Waals surface area contributed by atoms with Gasteiger partial charge >= 0.3 is 0 Å². The molecule has 120 valence electrons. The van der Waals surface area contributed by atoms with E-state index in [0.29, 0.717) is 11.3 Å². The van der Waals surface area contributed by atoms with Crippen LogP contribution in [-0.2, 0) is 4.79 Å². The topological polar surface area (TPSA) is 85.1 Å². The van der Waals surface area contributed by atoms with Gasteiger partial charge in [0, 0.05) is 17.8 Å². The van der Waals surface area contributed by atoms with Crippen molar-refractivity contribution in [3.8, 4) is 0 Å². The van der Waals surface area contributed by atoms with Crippen molar-refractivity contribution < 1.29 is 9.72 Å². The molecular formula is C17H13N3O3S. The maximum absolute atomic E-state index is 12.0. The summed E-state index contributed by atoms with van der Waals surface area (Å²) in [5, 5.41) is 14.7. The second-order valence-corrected chi connectivity index (χ2v) is 6.29. The third-order valence-electron chi connectivity index (χ3n) is 3.31. The smallest absolute Gasteiger partial charge is 0.276 e. The Morgan fingerprint density at radius 1 is 1.29 bits per heavy atom. The lowest BCUT2D eigenvalue weighted by Crippen LogP contribution is -2.07. The minimum absolute atomic E-state index is 0.0388. The fourth-order valence-electron chi connectivity index (χ4n) is 2.26. The van der Waals surface area contributed by atoms with E-state index in [1.54, 1.807) is 35.6 Å². The van der Waals surface area contributed by atoms with Crippen LogP contribution in [0.5, 0.6) is 0 Å². The molecule has 0 aliphatic carbocycles. The Kier molecular flexibility index (Phi) is 4.35. The van der Waals surface area contributed by atoms with Crippen LogP contribution in [-0.4, -0.2) is 15.8 Å². The van der Waals surface area contributed by atoms with Crippen molar-refractivity contribution in [1.82, 2.24) is 4.98 Å². The second-order valence-electron chi connectivity index (χ2n) is 5.05. The molecule has 1 heterocycles. The Balaban J connectivity index is 1.76. The Bertz CT molecular complexity index is 963. The first-order chi connectivity index (χ1) is 11.5. The number of carbonyl (C=O) groups is 1. The molecule has 1 amide bonds. The van der Waals surface area contributed by atoms with Crippen molar-refractivity contribution in [2.75, 3.05) is 5.32 Å². The van der Waals surface area contributed by atoms with E-state index < -0.39 is 4.92 Å². The molecule has 0 atom stereocenters. The first-order valence-electron chi connectivity index (χ1n) is 7.12. The van der Waals surface area contributed by atoms with Gasteiger partial charge in [0.25, 0.3) is 5.69 Å². The van der Waals surface area contributed by atoms with Crippen LogP contribution in [0.2, 0.25) is 0 Å². The summed E-state index contributed by atoms with van der Waals surface area (Å²) < 4.78 is 0.993. The number of anilines is 1. The lowest BCUT2D eigenvalue weighted by molar-refractivity contribution is -0.385. The van der Waals surface area contributed by atoms with E-state index in [0.717, 1.165) is 15.2 Å². The van der Waals surface area contributed by atoms with Crippen molar-refractivity contribution in [1.29, 1.82) is 0 Å². The second kappa shape index (κ2) is 6.59. The van der Waals surface area contributed by atoms with E-state index in [9.17, 15) is 14.9 Å². The van der Waals surface area contributed by atoms with Gasteiger partial charge < -0.3 is 5.32 Å². The predicted octanol–water partition coefficient (Wildman–Crippen LogP) is 4.16. The number of amides is 1. The zero-order chi connectivity index (χ0) is 17.1. The van der Waals surface area contributed by atoms with Crippen molar-refractivity contribution in [2.24, 2.45) is 0 Å². The number of hydrogen-bond donors (Lipinski definition) is 1. The molecule has 24 heavy (non-hydrogen) atoms.